The number of likely N-dealkylation sites (N-methyl/N-ethyl adjacent to an activating group) is 1. The molecule has 0 spiro atoms. The Kier molecular flexibility index (Phi) is 4.18. The van der Waals surface area contributed by atoms with E-state index in [1.165, 1.54) is 14.2 Å². The number of piperidine rings is 1. The summed E-state index contributed by atoms with van der Waals surface area (Å²) in [4.78, 5) is 14.8. The van der Waals surface area contributed by atoms with Crippen LogP contribution >= 0.6 is 0 Å². The van der Waals surface area contributed by atoms with E-state index in [4.69, 9.17) is 14.2 Å². The van der Waals surface area contributed by atoms with Gasteiger partial charge in [0.15, 0.2) is 17.3 Å². The lowest BCUT2D eigenvalue weighted by Gasteiger charge is -2.47. The number of phenols is 1. The molecule has 6 heteroatoms. The quantitative estimate of drug-likeness (QED) is 0.880. The van der Waals surface area contributed by atoms with Gasteiger partial charge in [0, 0.05) is 17.0 Å². The number of benzene rings is 1. The second-order valence-electron chi connectivity index (χ2n) is 7.43. The number of rotatable bonds is 3. The van der Waals surface area contributed by atoms with Crippen LogP contribution in [0.25, 0.3) is 0 Å². The Bertz CT molecular complexity index is 872. The van der Waals surface area contributed by atoms with E-state index in [1.807, 2.05) is 12.1 Å². The van der Waals surface area contributed by atoms with Gasteiger partial charge < -0.3 is 19.3 Å². The van der Waals surface area contributed by atoms with Crippen molar-refractivity contribution in [1.29, 1.82) is 0 Å². The monoisotopic (exact) mass is 371 g/mol. The normalized spacial score (nSPS) is 27.0. The highest BCUT2D eigenvalue weighted by molar-refractivity contribution is 6.05. The number of carbonyl (C=O) groups is 1. The molecule has 27 heavy (non-hydrogen) atoms. The van der Waals surface area contributed by atoms with Gasteiger partial charge in [0.05, 0.1) is 21.3 Å². The zero-order valence-corrected chi connectivity index (χ0v) is 16.2. The molecule has 1 fully saturated rings. The van der Waals surface area contributed by atoms with Gasteiger partial charge in [-0.3, -0.25) is 9.69 Å². The van der Waals surface area contributed by atoms with E-state index in [2.05, 4.69) is 11.9 Å². The van der Waals surface area contributed by atoms with E-state index in [-0.39, 0.29) is 17.6 Å². The molecule has 2 bridgehead atoms. The fourth-order valence-electron chi connectivity index (χ4n) is 4.97. The van der Waals surface area contributed by atoms with Crippen LogP contribution in [0.2, 0.25) is 0 Å². The lowest BCUT2D eigenvalue weighted by Crippen LogP contribution is -2.49. The minimum absolute atomic E-state index is 0.0870. The van der Waals surface area contributed by atoms with Gasteiger partial charge in [0.25, 0.3) is 0 Å². The Labute approximate surface area is 159 Å². The standard InChI is InChI=1S/C21H25NO5/c1-22-8-7-21-11-17(26-3)15(23)10-13(21)14(22)6-5-12-9-16(25-2)20(27-4)19(24)18(12)21/h9-11,14,24H,5-8H2,1-4H3. The van der Waals surface area contributed by atoms with E-state index >= 15 is 0 Å². The average Bonchev–Trinajstić information content (AvgIpc) is 2.76. The third-order valence-electron chi connectivity index (χ3n) is 6.25. The number of aromatic hydroxyl groups is 1. The number of hydrogen-bond acceptors (Lipinski definition) is 6. The van der Waals surface area contributed by atoms with Crippen LogP contribution in [0.4, 0.5) is 0 Å². The van der Waals surface area contributed by atoms with Crippen LogP contribution in [-0.4, -0.2) is 56.8 Å². The van der Waals surface area contributed by atoms with Crippen LogP contribution in [0.15, 0.2) is 29.6 Å². The second kappa shape index (κ2) is 6.30. The van der Waals surface area contributed by atoms with Crippen molar-refractivity contribution in [3.63, 3.8) is 0 Å². The second-order valence-corrected chi connectivity index (χ2v) is 7.43. The highest BCUT2D eigenvalue weighted by atomic mass is 16.5. The van der Waals surface area contributed by atoms with Crippen molar-refractivity contribution in [3.8, 4) is 17.2 Å². The molecule has 1 aromatic rings. The predicted molar refractivity (Wildman–Crippen MR) is 100 cm³/mol. The van der Waals surface area contributed by atoms with Gasteiger partial charge in [0.2, 0.25) is 11.5 Å². The molecule has 0 saturated carbocycles. The van der Waals surface area contributed by atoms with E-state index < -0.39 is 5.41 Å². The summed E-state index contributed by atoms with van der Waals surface area (Å²) in [5, 5.41) is 11.2. The van der Waals surface area contributed by atoms with Crippen molar-refractivity contribution in [2.24, 2.45) is 0 Å². The van der Waals surface area contributed by atoms with Crippen molar-refractivity contribution < 1.29 is 24.1 Å². The number of methoxy groups -OCH3 is 3. The van der Waals surface area contributed by atoms with Gasteiger partial charge in [-0.15, -0.1) is 0 Å². The molecule has 4 rings (SSSR count). The Morgan fingerprint density at radius 1 is 1.22 bits per heavy atom. The van der Waals surface area contributed by atoms with Gasteiger partial charge in [-0.25, -0.2) is 0 Å². The summed E-state index contributed by atoms with van der Waals surface area (Å²) in [7, 11) is 6.69. The van der Waals surface area contributed by atoms with Crippen molar-refractivity contribution in [1.82, 2.24) is 4.90 Å². The fraction of sp³-hybridized carbons (Fsp3) is 0.476. The first-order chi connectivity index (χ1) is 13.0. The predicted octanol–water partition coefficient (Wildman–Crippen LogP) is 2.34. The van der Waals surface area contributed by atoms with Gasteiger partial charge in [-0.1, -0.05) is 0 Å². The van der Waals surface area contributed by atoms with E-state index in [1.54, 1.807) is 13.2 Å². The van der Waals surface area contributed by atoms with Crippen molar-refractivity contribution >= 4 is 5.78 Å². The molecule has 3 aliphatic rings. The molecule has 0 radical (unpaired) electrons. The maximum absolute atomic E-state index is 12.6. The van der Waals surface area contributed by atoms with Crippen molar-refractivity contribution in [2.45, 2.75) is 30.7 Å². The third kappa shape index (κ3) is 2.39. The van der Waals surface area contributed by atoms with E-state index in [0.29, 0.717) is 17.3 Å². The molecule has 1 heterocycles. The van der Waals surface area contributed by atoms with Crippen LogP contribution in [0, 0.1) is 0 Å². The summed E-state index contributed by atoms with van der Waals surface area (Å²) >= 11 is 0. The third-order valence-corrected chi connectivity index (χ3v) is 6.25. The fourth-order valence-corrected chi connectivity index (χ4v) is 4.97. The minimum Gasteiger partial charge on any atom is -0.504 e. The van der Waals surface area contributed by atoms with Gasteiger partial charge in [0.1, 0.15) is 0 Å². The first-order valence-electron chi connectivity index (χ1n) is 9.17. The molecule has 2 aliphatic carbocycles. The number of ketones is 1. The topological polar surface area (TPSA) is 68.2 Å². The Morgan fingerprint density at radius 3 is 2.67 bits per heavy atom. The van der Waals surface area contributed by atoms with Gasteiger partial charge in [-0.2, -0.15) is 0 Å². The largest absolute Gasteiger partial charge is 0.504 e. The van der Waals surface area contributed by atoms with Crippen LogP contribution in [-0.2, 0) is 21.4 Å². The highest BCUT2D eigenvalue weighted by Crippen LogP contribution is 2.56. The minimum atomic E-state index is -0.577. The lowest BCUT2D eigenvalue weighted by atomic mass is 9.64. The summed E-state index contributed by atoms with van der Waals surface area (Å²) in [6.07, 6.45) is 6.02. The molecular formula is C21H25NO5. The van der Waals surface area contributed by atoms with E-state index in [9.17, 15) is 9.90 Å². The Balaban J connectivity index is 2.06. The summed E-state index contributed by atoms with van der Waals surface area (Å²) in [6, 6.07) is 2.10. The van der Waals surface area contributed by atoms with Crippen LogP contribution in [0.5, 0.6) is 17.2 Å². The molecule has 1 aliphatic heterocycles. The number of fused-ring (bicyclic) bond motifs is 1. The molecular weight excluding hydrogens is 346 g/mol. The molecule has 1 aromatic carbocycles. The van der Waals surface area contributed by atoms with Gasteiger partial charge >= 0.3 is 0 Å². The molecule has 1 N–H and O–H groups in total. The summed E-state index contributed by atoms with van der Waals surface area (Å²) in [5.74, 6) is 1.13. The molecule has 2 unspecified atom stereocenters. The van der Waals surface area contributed by atoms with Crippen LogP contribution < -0.4 is 9.47 Å². The molecule has 144 valence electrons. The number of hydrogen-bond donors (Lipinski definition) is 1. The number of aryl methyl sites for hydroxylation is 1. The van der Waals surface area contributed by atoms with Crippen molar-refractivity contribution in [3.05, 3.63) is 40.7 Å². The number of phenolic OH excluding ortho intramolecular Hbond substituents is 1. The molecule has 1 saturated heterocycles. The maximum atomic E-state index is 12.6. The van der Waals surface area contributed by atoms with Crippen molar-refractivity contribution in [2.75, 3.05) is 34.9 Å². The zero-order valence-electron chi connectivity index (χ0n) is 16.2. The number of carbonyl (C=O) groups excluding carboxylic acids is 1. The summed E-state index contributed by atoms with van der Waals surface area (Å²) < 4.78 is 16.3. The highest BCUT2D eigenvalue weighted by Gasteiger charge is 2.50. The lowest BCUT2D eigenvalue weighted by molar-refractivity contribution is -0.114. The number of likely N-dealkylation sites (tertiary alicyclic amines) is 1. The first kappa shape index (κ1) is 17.9. The Morgan fingerprint density at radius 2 is 2.00 bits per heavy atom. The van der Waals surface area contributed by atoms with Gasteiger partial charge in [-0.05, 0) is 62.2 Å². The summed E-state index contributed by atoms with van der Waals surface area (Å²) in [6.45, 7) is 0.858. The van der Waals surface area contributed by atoms with E-state index in [0.717, 1.165) is 42.5 Å². The maximum Gasteiger partial charge on any atom is 0.220 e. The molecule has 2 atom stereocenters. The molecule has 6 nitrogen and oxygen atoms in total. The summed E-state index contributed by atoms with van der Waals surface area (Å²) in [5.41, 5.74) is 2.29. The average molecular weight is 371 g/mol. The number of allylic oxidation sites excluding steroid dienone is 2. The SMILES string of the molecule is COC1=CC23CCN(C)C(CCc4cc(OC)c(OC)c(O)c42)C3=CC1=O. The molecule has 0 amide bonds. The van der Waals surface area contributed by atoms with Crippen LogP contribution in [0.3, 0.4) is 0 Å². The smallest absolute Gasteiger partial charge is 0.220 e. The van der Waals surface area contributed by atoms with Crippen LogP contribution in [0.1, 0.15) is 24.0 Å². The number of ether oxygens (including phenoxy) is 3. The molecule has 0 aromatic heterocycles. The zero-order chi connectivity index (χ0) is 19.3. The number of nitrogens with zero attached hydrogens (tertiary/aromatic N) is 1. The first-order valence-corrected chi connectivity index (χ1v) is 9.17. The Hall–Kier alpha value is -2.47.